The van der Waals surface area contributed by atoms with Crippen LogP contribution in [0.3, 0.4) is 0 Å². The predicted molar refractivity (Wildman–Crippen MR) is 126 cm³/mol. The van der Waals surface area contributed by atoms with Gasteiger partial charge in [0, 0.05) is 5.41 Å². The first-order valence-electron chi connectivity index (χ1n) is 13.9. The molecule has 5 rings (SSSR count). The summed E-state index contributed by atoms with van der Waals surface area (Å²) in [4.78, 5) is 0. The van der Waals surface area contributed by atoms with Crippen molar-refractivity contribution in [2.45, 2.75) is 130 Å². The Balaban J connectivity index is 1.31. The van der Waals surface area contributed by atoms with E-state index in [1.165, 1.54) is 77.0 Å². The Morgan fingerprint density at radius 1 is 0.900 bits per heavy atom. The Bertz CT molecular complexity index is 640. The fraction of sp³-hybridized carbons (Fsp3) is 1.00. The summed E-state index contributed by atoms with van der Waals surface area (Å²) in [6, 6.07) is 0. The fourth-order valence-electron chi connectivity index (χ4n) is 10.4. The molecule has 0 aromatic heterocycles. The van der Waals surface area contributed by atoms with Crippen LogP contribution in [0, 0.1) is 52.3 Å². The molecule has 0 amide bonds. The molecule has 30 heavy (non-hydrogen) atoms. The van der Waals surface area contributed by atoms with Crippen molar-refractivity contribution in [3.8, 4) is 0 Å². The van der Waals surface area contributed by atoms with Crippen molar-refractivity contribution in [1.29, 1.82) is 0 Å². The first kappa shape index (κ1) is 21.8. The van der Waals surface area contributed by atoms with Crippen molar-refractivity contribution < 1.29 is 4.74 Å². The van der Waals surface area contributed by atoms with E-state index in [0.29, 0.717) is 22.5 Å². The summed E-state index contributed by atoms with van der Waals surface area (Å²) in [7, 11) is 0. The van der Waals surface area contributed by atoms with Crippen LogP contribution in [0.2, 0.25) is 0 Å². The molecule has 0 aromatic rings. The minimum atomic E-state index is 0.317. The fourth-order valence-corrected chi connectivity index (χ4v) is 10.4. The Morgan fingerprint density at radius 3 is 2.40 bits per heavy atom. The highest BCUT2D eigenvalue weighted by Gasteiger charge is 2.75. The molecule has 4 saturated carbocycles. The van der Waals surface area contributed by atoms with Crippen LogP contribution in [-0.2, 0) is 4.74 Å². The molecule has 1 nitrogen and oxygen atoms in total. The van der Waals surface area contributed by atoms with E-state index in [1.54, 1.807) is 0 Å². The number of hydrogen-bond donors (Lipinski definition) is 0. The molecule has 0 aromatic carbocycles. The second kappa shape index (κ2) is 7.50. The van der Waals surface area contributed by atoms with Crippen LogP contribution < -0.4 is 0 Å². The summed E-state index contributed by atoms with van der Waals surface area (Å²) in [5.41, 5.74) is 1.42. The van der Waals surface area contributed by atoms with Crippen molar-refractivity contribution in [2.75, 3.05) is 0 Å². The lowest BCUT2D eigenvalue weighted by Crippen LogP contribution is -2.57. The highest BCUT2D eigenvalue weighted by Crippen LogP contribution is 2.74. The molecule has 0 radical (unpaired) electrons. The Morgan fingerprint density at radius 2 is 1.67 bits per heavy atom. The summed E-state index contributed by atoms with van der Waals surface area (Å²) in [6.45, 7) is 15.3. The number of hydrogen-bond acceptors (Lipinski definition) is 1. The Kier molecular flexibility index (Phi) is 5.44. The highest BCUT2D eigenvalue weighted by molar-refractivity contribution is 5.23. The van der Waals surface area contributed by atoms with E-state index in [9.17, 15) is 0 Å². The normalized spacial score (nSPS) is 51.5. The van der Waals surface area contributed by atoms with Gasteiger partial charge in [0.1, 0.15) is 5.60 Å². The third-order valence-corrected chi connectivity index (χ3v) is 12.2. The first-order chi connectivity index (χ1) is 14.3. The quantitative estimate of drug-likeness (QED) is 0.398. The van der Waals surface area contributed by atoms with E-state index in [4.69, 9.17) is 4.74 Å². The molecular weight excluding hydrogens is 364 g/mol. The summed E-state index contributed by atoms with van der Waals surface area (Å²) < 4.78 is 6.62. The summed E-state index contributed by atoms with van der Waals surface area (Å²) in [6.07, 6.45) is 18.0. The van der Waals surface area contributed by atoms with Gasteiger partial charge < -0.3 is 4.74 Å². The molecule has 0 bridgehead atoms. The van der Waals surface area contributed by atoms with Crippen LogP contribution in [0.1, 0.15) is 119 Å². The van der Waals surface area contributed by atoms with Crippen molar-refractivity contribution in [3.05, 3.63) is 0 Å². The number of ether oxygens (including phenoxy) is 1. The molecule has 5 fully saturated rings. The third-order valence-electron chi connectivity index (χ3n) is 12.2. The summed E-state index contributed by atoms with van der Waals surface area (Å²) in [5, 5.41) is 0. The van der Waals surface area contributed by atoms with Gasteiger partial charge in [-0.3, -0.25) is 0 Å². The van der Waals surface area contributed by atoms with Gasteiger partial charge in [-0.25, -0.2) is 0 Å². The summed E-state index contributed by atoms with van der Waals surface area (Å²) in [5.74, 6) is 6.56. The summed E-state index contributed by atoms with van der Waals surface area (Å²) >= 11 is 0. The van der Waals surface area contributed by atoms with Crippen LogP contribution in [0.5, 0.6) is 0 Å². The first-order valence-corrected chi connectivity index (χ1v) is 13.9. The molecule has 1 heterocycles. The van der Waals surface area contributed by atoms with E-state index in [1.807, 2.05) is 0 Å². The van der Waals surface area contributed by atoms with Crippen LogP contribution >= 0.6 is 0 Å². The lowest BCUT2D eigenvalue weighted by atomic mass is 9.44. The second-order valence-corrected chi connectivity index (χ2v) is 13.4. The van der Waals surface area contributed by atoms with Crippen LogP contribution in [0.4, 0.5) is 0 Å². The Hall–Kier alpha value is -0.0400. The number of rotatable bonds is 6. The van der Waals surface area contributed by atoms with Gasteiger partial charge in [-0.15, -0.1) is 0 Å². The molecule has 172 valence electrons. The van der Waals surface area contributed by atoms with E-state index in [2.05, 4.69) is 41.5 Å². The number of epoxide rings is 1. The monoisotopic (exact) mass is 414 g/mol. The van der Waals surface area contributed by atoms with E-state index in [-0.39, 0.29) is 0 Å². The Labute approximate surface area is 187 Å². The van der Waals surface area contributed by atoms with Gasteiger partial charge in [-0.05, 0) is 98.2 Å². The molecule has 0 unspecified atom stereocenters. The van der Waals surface area contributed by atoms with E-state index < -0.39 is 0 Å². The van der Waals surface area contributed by atoms with Crippen molar-refractivity contribution in [3.63, 3.8) is 0 Å². The van der Waals surface area contributed by atoms with Gasteiger partial charge in [-0.1, -0.05) is 67.2 Å². The highest BCUT2D eigenvalue weighted by atomic mass is 16.6. The maximum Gasteiger partial charge on any atom is 0.100 e. The minimum Gasteiger partial charge on any atom is -0.365 e. The molecule has 0 N–H and O–H groups in total. The van der Waals surface area contributed by atoms with E-state index in [0.717, 1.165) is 41.4 Å². The molecule has 1 spiro atoms. The van der Waals surface area contributed by atoms with Crippen molar-refractivity contribution >= 4 is 0 Å². The minimum absolute atomic E-state index is 0.317. The molecule has 1 heteroatoms. The van der Waals surface area contributed by atoms with Crippen LogP contribution in [0.25, 0.3) is 0 Å². The smallest absolute Gasteiger partial charge is 0.100 e. The molecule has 4 aliphatic carbocycles. The van der Waals surface area contributed by atoms with Gasteiger partial charge in [0.25, 0.3) is 0 Å². The van der Waals surface area contributed by atoms with Gasteiger partial charge in [-0.2, -0.15) is 0 Å². The van der Waals surface area contributed by atoms with Gasteiger partial charge in [0.05, 0.1) is 6.10 Å². The average molecular weight is 415 g/mol. The maximum atomic E-state index is 6.62. The molecule has 10 atom stereocenters. The van der Waals surface area contributed by atoms with Gasteiger partial charge in [0.2, 0.25) is 0 Å². The molecule has 1 aliphatic heterocycles. The van der Waals surface area contributed by atoms with Gasteiger partial charge >= 0.3 is 0 Å². The topological polar surface area (TPSA) is 12.5 Å². The second-order valence-electron chi connectivity index (χ2n) is 13.4. The van der Waals surface area contributed by atoms with Gasteiger partial charge in [0.15, 0.2) is 0 Å². The van der Waals surface area contributed by atoms with Crippen molar-refractivity contribution in [1.82, 2.24) is 0 Å². The lowest BCUT2D eigenvalue weighted by molar-refractivity contribution is -0.100. The third kappa shape index (κ3) is 2.95. The van der Waals surface area contributed by atoms with Crippen molar-refractivity contribution in [2.24, 2.45) is 52.3 Å². The van der Waals surface area contributed by atoms with E-state index >= 15 is 0 Å². The maximum absolute atomic E-state index is 6.62. The zero-order valence-electron chi connectivity index (χ0n) is 21.0. The lowest BCUT2D eigenvalue weighted by Gasteiger charge is -2.59. The van der Waals surface area contributed by atoms with Crippen LogP contribution in [-0.4, -0.2) is 11.7 Å². The predicted octanol–water partition coefficient (Wildman–Crippen LogP) is 8.27. The number of fused-ring (bicyclic) bond motifs is 4. The SMILES string of the molecule is CC[C@H](CC[C@@H](C)[C@H]1CC[C@H]2[C@@H]3C[C@H]4O[C@]45CCCC[C@]5(C)[C@H]3CC[C@]12C)C(C)C. The standard InChI is InChI=1S/C29H50O/c1-7-21(19(2)3)11-10-20(4)23-12-13-24-22-18-26-29(30-26)16-9-8-15-28(29,6)25(22)14-17-27(23,24)5/h19-26H,7-18H2,1-6H3/t20-,21-,22+,23-,24+,25+,26-,27-,28-,29-/m1/s1. The largest absolute Gasteiger partial charge is 0.365 e. The average Bonchev–Trinajstić information content (AvgIpc) is 3.29. The molecule has 5 aliphatic rings. The van der Waals surface area contributed by atoms with Crippen LogP contribution in [0.15, 0.2) is 0 Å². The zero-order chi connectivity index (χ0) is 21.3. The molecular formula is C29H50O. The zero-order valence-corrected chi connectivity index (χ0v) is 21.0. The molecule has 1 saturated heterocycles.